The molecule has 2 heterocycles. The number of piperidine rings is 1. The quantitative estimate of drug-likeness (QED) is 0.833. The highest BCUT2D eigenvalue weighted by atomic mass is 16.2. The molecular weight excluding hydrogens is 228 g/mol. The van der Waals surface area contributed by atoms with Crippen LogP contribution in [0.15, 0.2) is 0 Å². The number of nitrogens with one attached hydrogen (secondary N) is 2. The SMILES string of the molecule is Cc1nn(C)c(C)c1NC(=O)C1NCCCC1C. The summed E-state index contributed by atoms with van der Waals surface area (Å²) >= 11 is 0. The van der Waals surface area contributed by atoms with Crippen molar-refractivity contribution >= 4 is 11.6 Å². The summed E-state index contributed by atoms with van der Waals surface area (Å²) in [6, 6.07) is -0.0854. The van der Waals surface area contributed by atoms with Gasteiger partial charge in [-0.05, 0) is 39.2 Å². The van der Waals surface area contributed by atoms with Gasteiger partial charge in [0.2, 0.25) is 5.91 Å². The predicted molar refractivity (Wildman–Crippen MR) is 71.5 cm³/mol. The van der Waals surface area contributed by atoms with Crippen LogP contribution in [0.5, 0.6) is 0 Å². The Balaban J connectivity index is 2.11. The van der Waals surface area contributed by atoms with E-state index in [0.29, 0.717) is 5.92 Å². The summed E-state index contributed by atoms with van der Waals surface area (Å²) in [5.74, 6) is 0.442. The molecule has 1 amide bonds. The van der Waals surface area contributed by atoms with Gasteiger partial charge in [0.25, 0.3) is 0 Å². The highest BCUT2D eigenvalue weighted by molar-refractivity contribution is 5.96. The van der Waals surface area contributed by atoms with Crippen molar-refractivity contribution in [3.05, 3.63) is 11.4 Å². The fourth-order valence-corrected chi connectivity index (χ4v) is 2.56. The summed E-state index contributed by atoms with van der Waals surface area (Å²) in [7, 11) is 1.89. The van der Waals surface area contributed by atoms with Crippen LogP contribution in [0, 0.1) is 19.8 Å². The molecule has 1 aliphatic heterocycles. The van der Waals surface area contributed by atoms with E-state index in [9.17, 15) is 4.79 Å². The fourth-order valence-electron chi connectivity index (χ4n) is 2.56. The van der Waals surface area contributed by atoms with E-state index in [2.05, 4.69) is 22.7 Å². The van der Waals surface area contributed by atoms with Crippen molar-refractivity contribution in [2.45, 2.75) is 39.7 Å². The highest BCUT2D eigenvalue weighted by Crippen LogP contribution is 2.21. The molecule has 0 bridgehead atoms. The standard InChI is InChI=1S/C13H22N4O/c1-8-6-5-7-14-11(8)13(18)15-12-9(2)16-17(4)10(12)3/h8,11,14H,5-7H2,1-4H3,(H,15,18). The van der Waals surface area contributed by atoms with Gasteiger partial charge in [-0.25, -0.2) is 0 Å². The van der Waals surface area contributed by atoms with E-state index in [4.69, 9.17) is 0 Å². The van der Waals surface area contributed by atoms with Gasteiger partial charge in [-0.1, -0.05) is 6.92 Å². The Bertz CT molecular complexity index is 452. The first kappa shape index (κ1) is 13.1. The number of aryl methyl sites for hydroxylation is 2. The molecule has 2 unspecified atom stereocenters. The Morgan fingerprint density at radius 1 is 1.50 bits per heavy atom. The first-order valence-electron chi connectivity index (χ1n) is 6.55. The lowest BCUT2D eigenvalue weighted by molar-refractivity contribution is -0.119. The van der Waals surface area contributed by atoms with Gasteiger partial charge in [-0.3, -0.25) is 9.48 Å². The fraction of sp³-hybridized carbons (Fsp3) is 0.692. The van der Waals surface area contributed by atoms with Crippen LogP contribution < -0.4 is 10.6 Å². The number of rotatable bonds is 2. The first-order chi connectivity index (χ1) is 8.50. The zero-order valence-corrected chi connectivity index (χ0v) is 11.6. The lowest BCUT2D eigenvalue weighted by Gasteiger charge is -2.28. The van der Waals surface area contributed by atoms with Crippen LogP contribution in [0.25, 0.3) is 0 Å². The summed E-state index contributed by atoms with van der Waals surface area (Å²) in [5.41, 5.74) is 2.71. The number of carbonyl (C=O) groups excluding carboxylic acids is 1. The molecule has 1 aliphatic rings. The molecule has 0 radical (unpaired) electrons. The molecule has 0 saturated carbocycles. The monoisotopic (exact) mass is 250 g/mol. The van der Waals surface area contributed by atoms with E-state index >= 15 is 0 Å². The highest BCUT2D eigenvalue weighted by Gasteiger charge is 2.28. The predicted octanol–water partition coefficient (Wildman–Crippen LogP) is 1.36. The Kier molecular flexibility index (Phi) is 3.71. The molecule has 1 aromatic heterocycles. The third-order valence-electron chi connectivity index (χ3n) is 3.81. The maximum atomic E-state index is 12.3. The number of amides is 1. The Morgan fingerprint density at radius 2 is 2.22 bits per heavy atom. The summed E-state index contributed by atoms with van der Waals surface area (Å²) < 4.78 is 1.79. The summed E-state index contributed by atoms with van der Waals surface area (Å²) in [5, 5.41) is 10.6. The minimum Gasteiger partial charge on any atom is -0.322 e. The molecule has 5 heteroatoms. The second-order valence-corrected chi connectivity index (χ2v) is 5.21. The summed E-state index contributed by atoms with van der Waals surface area (Å²) in [6.07, 6.45) is 2.26. The number of aromatic nitrogens is 2. The second kappa shape index (κ2) is 5.10. The number of hydrogen-bond donors (Lipinski definition) is 2. The Hall–Kier alpha value is -1.36. The lowest BCUT2D eigenvalue weighted by atomic mass is 9.92. The molecule has 5 nitrogen and oxygen atoms in total. The van der Waals surface area contributed by atoms with Crippen LogP contribution in [0.2, 0.25) is 0 Å². The van der Waals surface area contributed by atoms with Gasteiger partial charge in [0.15, 0.2) is 0 Å². The van der Waals surface area contributed by atoms with E-state index in [1.54, 1.807) is 4.68 Å². The van der Waals surface area contributed by atoms with Crippen molar-refractivity contribution in [1.29, 1.82) is 0 Å². The van der Waals surface area contributed by atoms with Crippen molar-refractivity contribution in [2.75, 3.05) is 11.9 Å². The number of nitrogens with zero attached hydrogens (tertiary/aromatic N) is 2. The van der Waals surface area contributed by atoms with Crippen LogP contribution in [-0.2, 0) is 11.8 Å². The van der Waals surface area contributed by atoms with Crippen molar-refractivity contribution in [3.63, 3.8) is 0 Å². The number of carbonyl (C=O) groups is 1. The molecule has 0 aliphatic carbocycles. The van der Waals surface area contributed by atoms with E-state index in [1.807, 2.05) is 20.9 Å². The zero-order valence-electron chi connectivity index (χ0n) is 11.6. The third-order valence-corrected chi connectivity index (χ3v) is 3.81. The van der Waals surface area contributed by atoms with Crippen LogP contribution in [0.1, 0.15) is 31.2 Å². The Labute approximate surface area is 108 Å². The van der Waals surface area contributed by atoms with Crippen LogP contribution >= 0.6 is 0 Å². The molecule has 1 saturated heterocycles. The van der Waals surface area contributed by atoms with Crippen molar-refractivity contribution < 1.29 is 4.79 Å². The van der Waals surface area contributed by atoms with Crippen molar-refractivity contribution in [1.82, 2.24) is 15.1 Å². The van der Waals surface area contributed by atoms with Gasteiger partial charge in [-0.15, -0.1) is 0 Å². The van der Waals surface area contributed by atoms with Crippen molar-refractivity contribution in [2.24, 2.45) is 13.0 Å². The lowest BCUT2D eigenvalue weighted by Crippen LogP contribution is -2.48. The molecule has 0 spiro atoms. The molecule has 1 aromatic rings. The van der Waals surface area contributed by atoms with Gasteiger partial charge < -0.3 is 10.6 Å². The third kappa shape index (κ3) is 2.41. The van der Waals surface area contributed by atoms with Crippen LogP contribution in [-0.4, -0.2) is 28.3 Å². The first-order valence-corrected chi connectivity index (χ1v) is 6.55. The van der Waals surface area contributed by atoms with Gasteiger partial charge in [0, 0.05) is 7.05 Å². The van der Waals surface area contributed by atoms with Gasteiger partial charge in [0.05, 0.1) is 23.1 Å². The van der Waals surface area contributed by atoms with Gasteiger partial charge >= 0.3 is 0 Å². The summed E-state index contributed by atoms with van der Waals surface area (Å²) in [4.78, 5) is 12.3. The molecule has 2 atom stereocenters. The smallest absolute Gasteiger partial charge is 0.241 e. The molecule has 0 aromatic carbocycles. The maximum Gasteiger partial charge on any atom is 0.241 e. The maximum absolute atomic E-state index is 12.3. The van der Waals surface area contributed by atoms with E-state index in [-0.39, 0.29) is 11.9 Å². The molecule has 1 fully saturated rings. The van der Waals surface area contributed by atoms with Gasteiger partial charge in [0.1, 0.15) is 0 Å². The number of hydrogen-bond acceptors (Lipinski definition) is 3. The number of anilines is 1. The molecule has 2 rings (SSSR count). The summed E-state index contributed by atoms with van der Waals surface area (Å²) in [6.45, 7) is 6.93. The van der Waals surface area contributed by atoms with E-state index in [1.165, 1.54) is 0 Å². The Morgan fingerprint density at radius 3 is 2.78 bits per heavy atom. The van der Waals surface area contributed by atoms with Gasteiger partial charge in [-0.2, -0.15) is 5.10 Å². The molecule has 2 N–H and O–H groups in total. The molecule has 100 valence electrons. The average Bonchev–Trinajstić information content (AvgIpc) is 2.56. The minimum atomic E-state index is -0.0854. The van der Waals surface area contributed by atoms with Crippen LogP contribution in [0.3, 0.4) is 0 Å². The normalized spacial score (nSPS) is 24.0. The topological polar surface area (TPSA) is 59.0 Å². The zero-order chi connectivity index (χ0) is 13.3. The second-order valence-electron chi connectivity index (χ2n) is 5.21. The minimum absolute atomic E-state index is 0.0569. The molecule has 18 heavy (non-hydrogen) atoms. The van der Waals surface area contributed by atoms with Crippen molar-refractivity contribution in [3.8, 4) is 0 Å². The molecular formula is C13H22N4O. The van der Waals surface area contributed by atoms with E-state index in [0.717, 1.165) is 36.5 Å². The largest absolute Gasteiger partial charge is 0.322 e. The van der Waals surface area contributed by atoms with Crippen LogP contribution in [0.4, 0.5) is 5.69 Å². The van der Waals surface area contributed by atoms with E-state index < -0.39 is 0 Å². The average molecular weight is 250 g/mol.